The van der Waals surface area contributed by atoms with Gasteiger partial charge in [-0.25, -0.2) is 8.42 Å². The Bertz CT molecular complexity index is 1180. The summed E-state index contributed by atoms with van der Waals surface area (Å²) < 4.78 is 31.8. The van der Waals surface area contributed by atoms with E-state index < -0.39 is 10.0 Å². The highest BCUT2D eigenvalue weighted by Gasteiger charge is 2.21. The third-order valence-electron chi connectivity index (χ3n) is 4.57. The highest BCUT2D eigenvalue weighted by atomic mass is 35.5. The van der Waals surface area contributed by atoms with Gasteiger partial charge in [-0.15, -0.1) is 0 Å². The van der Waals surface area contributed by atoms with Crippen molar-refractivity contribution in [3.8, 4) is 5.75 Å². The number of anilines is 2. The fraction of sp³-hybridized carbons (Fsp3) is 0.136. The van der Waals surface area contributed by atoms with E-state index >= 15 is 0 Å². The average molecular weight is 479 g/mol. The zero-order valence-electron chi connectivity index (χ0n) is 16.8. The van der Waals surface area contributed by atoms with Gasteiger partial charge in [-0.05, 0) is 60.2 Å². The minimum absolute atomic E-state index is 0.123. The molecule has 1 N–H and O–H groups in total. The topological polar surface area (TPSA) is 75.7 Å². The van der Waals surface area contributed by atoms with Crippen molar-refractivity contribution in [3.63, 3.8) is 0 Å². The van der Waals surface area contributed by atoms with Crippen LogP contribution in [0.3, 0.4) is 0 Å². The Hall–Kier alpha value is -2.74. The lowest BCUT2D eigenvalue weighted by atomic mass is 10.1. The smallest absolute Gasteiger partial charge is 0.264 e. The molecule has 1 amide bonds. The molecule has 0 aliphatic carbocycles. The van der Waals surface area contributed by atoms with E-state index in [1.165, 1.54) is 42.7 Å². The third-order valence-corrected chi connectivity index (χ3v) is 6.92. The number of nitrogens with zero attached hydrogens (tertiary/aromatic N) is 1. The maximum absolute atomic E-state index is 12.8. The predicted molar refractivity (Wildman–Crippen MR) is 124 cm³/mol. The van der Waals surface area contributed by atoms with E-state index in [0.29, 0.717) is 27.2 Å². The van der Waals surface area contributed by atoms with Gasteiger partial charge in [-0.3, -0.25) is 9.10 Å². The first-order valence-electron chi connectivity index (χ1n) is 9.17. The summed E-state index contributed by atoms with van der Waals surface area (Å²) in [5, 5.41) is 3.63. The first-order valence-corrected chi connectivity index (χ1v) is 11.4. The standard InChI is InChI=1S/C22H20Cl2N2O4S/c1-26(31(28,29)19-10-5-16(23)6-11-19)18-8-3-15(4-9-18)13-22(27)25-17-7-12-21(30-2)20(24)14-17/h3-12,14H,13H2,1-2H3,(H,25,27). The van der Waals surface area contributed by atoms with Crippen LogP contribution in [0.15, 0.2) is 71.6 Å². The van der Waals surface area contributed by atoms with Crippen molar-refractivity contribution >= 4 is 50.5 Å². The molecule has 0 radical (unpaired) electrons. The van der Waals surface area contributed by atoms with E-state index in [-0.39, 0.29) is 17.2 Å². The number of nitrogens with one attached hydrogen (secondary N) is 1. The minimum atomic E-state index is -3.72. The van der Waals surface area contributed by atoms with Crippen molar-refractivity contribution in [1.29, 1.82) is 0 Å². The van der Waals surface area contributed by atoms with Gasteiger partial charge in [-0.1, -0.05) is 35.3 Å². The van der Waals surface area contributed by atoms with E-state index in [9.17, 15) is 13.2 Å². The van der Waals surface area contributed by atoms with Crippen LogP contribution < -0.4 is 14.4 Å². The molecule has 0 atom stereocenters. The Labute approximate surface area is 191 Å². The van der Waals surface area contributed by atoms with Crippen molar-refractivity contribution < 1.29 is 17.9 Å². The van der Waals surface area contributed by atoms with E-state index in [1.54, 1.807) is 42.5 Å². The number of rotatable bonds is 7. The summed E-state index contributed by atoms with van der Waals surface area (Å²) in [6, 6.07) is 17.7. The fourth-order valence-electron chi connectivity index (χ4n) is 2.86. The van der Waals surface area contributed by atoms with Gasteiger partial charge in [0.15, 0.2) is 0 Å². The molecule has 3 aromatic rings. The predicted octanol–water partition coefficient (Wildman–Crippen LogP) is 5.01. The number of benzene rings is 3. The Balaban J connectivity index is 1.67. The molecule has 3 aromatic carbocycles. The zero-order chi connectivity index (χ0) is 22.6. The second-order valence-electron chi connectivity index (χ2n) is 6.67. The summed E-state index contributed by atoms with van der Waals surface area (Å²) >= 11 is 11.9. The van der Waals surface area contributed by atoms with Crippen LogP contribution in [0.2, 0.25) is 10.0 Å². The monoisotopic (exact) mass is 478 g/mol. The molecule has 162 valence electrons. The lowest BCUT2D eigenvalue weighted by Crippen LogP contribution is -2.26. The molecule has 6 nitrogen and oxygen atoms in total. The van der Waals surface area contributed by atoms with Gasteiger partial charge in [0.1, 0.15) is 5.75 Å². The molecule has 0 bridgehead atoms. The van der Waals surface area contributed by atoms with Crippen LogP contribution in [0.5, 0.6) is 5.75 Å². The lowest BCUT2D eigenvalue weighted by molar-refractivity contribution is -0.115. The van der Waals surface area contributed by atoms with Crippen LogP contribution in [-0.2, 0) is 21.2 Å². The van der Waals surface area contributed by atoms with Crippen molar-refractivity contribution in [2.45, 2.75) is 11.3 Å². The average Bonchev–Trinajstić information content (AvgIpc) is 2.74. The second-order valence-corrected chi connectivity index (χ2v) is 9.48. The van der Waals surface area contributed by atoms with Crippen LogP contribution in [0.25, 0.3) is 0 Å². The minimum Gasteiger partial charge on any atom is -0.495 e. The first kappa shape index (κ1) is 22.9. The van der Waals surface area contributed by atoms with Crippen LogP contribution in [0, 0.1) is 0 Å². The van der Waals surface area contributed by atoms with Gasteiger partial charge < -0.3 is 10.1 Å². The second kappa shape index (κ2) is 9.60. The number of sulfonamides is 1. The number of hydrogen-bond donors (Lipinski definition) is 1. The van der Waals surface area contributed by atoms with Gasteiger partial charge in [0.05, 0.1) is 29.1 Å². The van der Waals surface area contributed by atoms with E-state index in [1.807, 2.05) is 0 Å². The highest BCUT2D eigenvalue weighted by Crippen LogP contribution is 2.27. The number of ether oxygens (including phenoxy) is 1. The summed E-state index contributed by atoms with van der Waals surface area (Å²) in [6.07, 6.45) is 0.123. The summed E-state index contributed by atoms with van der Waals surface area (Å²) in [4.78, 5) is 12.5. The Kier molecular flexibility index (Phi) is 7.10. The molecule has 0 saturated heterocycles. The van der Waals surface area contributed by atoms with Gasteiger partial charge in [0, 0.05) is 17.8 Å². The molecule has 0 aromatic heterocycles. The molecule has 0 spiro atoms. The molecule has 3 rings (SSSR count). The molecule has 0 saturated carbocycles. The van der Waals surface area contributed by atoms with Gasteiger partial charge >= 0.3 is 0 Å². The summed E-state index contributed by atoms with van der Waals surface area (Å²) in [5.41, 5.74) is 1.76. The van der Waals surface area contributed by atoms with Crippen molar-refractivity contribution in [2.24, 2.45) is 0 Å². The molecule has 0 fully saturated rings. The third kappa shape index (κ3) is 5.50. The molecular formula is C22H20Cl2N2O4S. The normalized spacial score (nSPS) is 11.1. The van der Waals surface area contributed by atoms with Crippen LogP contribution in [0.1, 0.15) is 5.56 Å². The molecule has 0 heterocycles. The number of methoxy groups -OCH3 is 1. The summed E-state index contributed by atoms with van der Waals surface area (Å²) in [5.74, 6) is 0.295. The van der Waals surface area contributed by atoms with Crippen LogP contribution in [-0.4, -0.2) is 28.5 Å². The van der Waals surface area contributed by atoms with Gasteiger partial charge in [0.2, 0.25) is 5.91 Å². The maximum atomic E-state index is 12.8. The summed E-state index contributed by atoms with van der Waals surface area (Å²) in [6.45, 7) is 0. The van der Waals surface area contributed by atoms with Crippen molar-refractivity contribution in [2.75, 3.05) is 23.8 Å². The van der Waals surface area contributed by atoms with E-state index in [0.717, 1.165) is 5.56 Å². The van der Waals surface area contributed by atoms with E-state index in [4.69, 9.17) is 27.9 Å². The van der Waals surface area contributed by atoms with Crippen LogP contribution in [0.4, 0.5) is 11.4 Å². The highest BCUT2D eigenvalue weighted by molar-refractivity contribution is 7.92. The zero-order valence-corrected chi connectivity index (χ0v) is 19.1. The Morgan fingerprint density at radius 3 is 2.23 bits per heavy atom. The SMILES string of the molecule is COc1ccc(NC(=O)Cc2ccc(N(C)S(=O)(=O)c3ccc(Cl)cc3)cc2)cc1Cl. The Morgan fingerprint density at radius 1 is 1.00 bits per heavy atom. The first-order chi connectivity index (χ1) is 14.7. The number of hydrogen-bond acceptors (Lipinski definition) is 4. The van der Waals surface area contributed by atoms with Gasteiger partial charge in [-0.2, -0.15) is 0 Å². The molecule has 9 heteroatoms. The molecular weight excluding hydrogens is 459 g/mol. The number of amides is 1. The maximum Gasteiger partial charge on any atom is 0.264 e. The van der Waals surface area contributed by atoms with Crippen LogP contribution >= 0.6 is 23.2 Å². The fourth-order valence-corrected chi connectivity index (χ4v) is 4.44. The largest absolute Gasteiger partial charge is 0.495 e. The number of carbonyl (C=O) groups excluding carboxylic acids is 1. The summed E-state index contributed by atoms with van der Waals surface area (Å²) in [7, 11) is -0.736. The molecule has 31 heavy (non-hydrogen) atoms. The van der Waals surface area contributed by atoms with Crippen molar-refractivity contribution in [3.05, 3.63) is 82.3 Å². The van der Waals surface area contributed by atoms with E-state index in [2.05, 4.69) is 5.32 Å². The van der Waals surface area contributed by atoms with Crippen molar-refractivity contribution in [1.82, 2.24) is 0 Å². The molecule has 0 unspecified atom stereocenters. The Morgan fingerprint density at radius 2 is 1.65 bits per heavy atom. The number of carbonyl (C=O) groups is 1. The van der Waals surface area contributed by atoms with Gasteiger partial charge in [0.25, 0.3) is 10.0 Å². The number of halogens is 2. The molecule has 0 aliphatic rings. The molecule has 0 aliphatic heterocycles. The lowest BCUT2D eigenvalue weighted by Gasteiger charge is -2.20. The quantitative estimate of drug-likeness (QED) is 0.517.